The molecule has 0 spiro atoms. The monoisotopic (exact) mass is 167 g/mol. The molecule has 4 heteroatoms. The van der Waals surface area contributed by atoms with Crippen LogP contribution in [0.2, 0.25) is 0 Å². The van der Waals surface area contributed by atoms with E-state index in [1.807, 2.05) is 10.7 Å². The summed E-state index contributed by atoms with van der Waals surface area (Å²) in [5, 5.41) is 4.15. The molecule has 0 aliphatic carbocycles. The van der Waals surface area contributed by atoms with E-state index in [9.17, 15) is 0 Å². The smallest absolute Gasteiger partial charge is 0.122 e. The van der Waals surface area contributed by atoms with Gasteiger partial charge in [0.1, 0.15) is 5.82 Å². The Balaban J connectivity index is 2.13. The minimum Gasteiger partial charge on any atom is -0.384 e. The van der Waals surface area contributed by atoms with Crippen LogP contribution in [0, 0.1) is 0 Å². The highest BCUT2D eigenvalue weighted by Crippen LogP contribution is 2.20. The van der Waals surface area contributed by atoms with Gasteiger partial charge in [-0.15, -0.1) is 0 Å². The summed E-state index contributed by atoms with van der Waals surface area (Å²) in [6.07, 6.45) is 3.94. The number of anilines is 1. The van der Waals surface area contributed by atoms with Crippen molar-refractivity contribution >= 4 is 5.82 Å². The van der Waals surface area contributed by atoms with Gasteiger partial charge in [0.2, 0.25) is 0 Å². The molecule has 1 aromatic heterocycles. The van der Waals surface area contributed by atoms with Crippen molar-refractivity contribution in [2.24, 2.45) is 0 Å². The van der Waals surface area contributed by atoms with E-state index >= 15 is 0 Å². The first kappa shape index (κ1) is 7.61. The minimum absolute atomic E-state index is 0.341. The molecule has 1 saturated heterocycles. The predicted molar refractivity (Wildman–Crippen MR) is 45.7 cm³/mol. The standard InChI is InChI=1S/C8H13N3O/c9-8-3-4-10-11(8)7-2-1-5-12-6-7/h3-4,7H,1-2,5-6,9H2. The Kier molecular flexibility index (Phi) is 1.99. The summed E-state index contributed by atoms with van der Waals surface area (Å²) < 4.78 is 7.19. The number of rotatable bonds is 1. The molecule has 0 radical (unpaired) electrons. The van der Waals surface area contributed by atoms with E-state index < -0.39 is 0 Å². The lowest BCUT2D eigenvalue weighted by atomic mass is 10.1. The molecule has 1 aliphatic rings. The van der Waals surface area contributed by atoms with Crippen LogP contribution in [0.1, 0.15) is 18.9 Å². The molecule has 2 N–H and O–H groups in total. The number of ether oxygens (including phenoxy) is 1. The van der Waals surface area contributed by atoms with Gasteiger partial charge in [0.25, 0.3) is 0 Å². The zero-order chi connectivity index (χ0) is 8.39. The van der Waals surface area contributed by atoms with E-state index in [1.54, 1.807) is 6.20 Å². The van der Waals surface area contributed by atoms with Crippen LogP contribution in [0.15, 0.2) is 12.3 Å². The fraction of sp³-hybridized carbons (Fsp3) is 0.625. The van der Waals surface area contributed by atoms with Crippen molar-refractivity contribution in [1.82, 2.24) is 9.78 Å². The molecule has 0 saturated carbocycles. The van der Waals surface area contributed by atoms with Gasteiger partial charge in [-0.1, -0.05) is 0 Å². The summed E-state index contributed by atoms with van der Waals surface area (Å²) in [6.45, 7) is 1.61. The Morgan fingerprint density at radius 2 is 2.58 bits per heavy atom. The van der Waals surface area contributed by atoms with E-state index in [-0.39, 0.29) is 0 Å². The molecular weight excluding hydrogens is 154 g/mol. The highest BCUT2D eigenvalue weighted by molar-refractivity contribution is 5.26. The first-order valence-corrected chi connectivity index (χ1v) is 4.24. The summed E-state index contributed by atoms with van der Waals surface area (Å²) >= 11 is 0. The van der Waals surface area contributed by atoms with Gasteiger partial charge < -0.3 is 10.5 Å². The molecule has 1 aromatic rings. The third-order valence-corrected chi connectivity index (χ3v) is 2.18. The van der Waals surface area contributed by atoms with Crippen molar-refractivity contribution in [3.05, 3.63) is 12.3 Å². The molecular formula is C8H13N3O. The fourth-order valence-corrected chi connectivity index (χ4v) is 1.55. The molecule has 1 aliphatic heterocycles. The van der Waals surface area contributed by atoms with E-state index in [0.29, 0.717) is 6.04 Å². The zero-order valence-electron chi connectivity index (χ0n) is 6.94. The van der Waals surface area contributed by atoms with Crippen molar-refractivity contribution in [2.45, 2.75) is 18.9 Å². The van der Waals surface area contributed by atoms with Crippen molar-refractivity contribution in [2.75, 3.05) is 18.9 Å². The van der Waals surface area contributed by atoms with Gasteiger partial charge in [-0.2, -0.15) is 5.10 Å². The van der Waals surface area contributed by atoms with Gasteiger partial charge in [-0.25, -0.2) is 4.68 Å². The molecule has 1 atom stereocenters. The Morgan fingerprint density at radius 3 is 3.17 bits per heavy atom. The molecule has 4 nitrogen and oxygen atoms in total. The van der Waals surface area contributed by atoms with Gasteiger partial charge in [-0.3, -0.25) is 0 Å². The SMILES string of the molecule is Nc1ccnn1C1CCCOC1. The van der Waals surface area contributed by atoms with Crippen molar-refractivity contribution in [1.29, 1.82) is 0 Å². The predicted octanol–water partition coefficient (Wildman–Crippen LogP) is 0.817. The van der Waals surface area contributed by atoms with Crippen LogP contribution < -0.4 is 5.73 Å². The third kappa shape index (κ3) is 1.30. The Labute approximate surface area is 71.3 Å². The molecule has 12 heavy (non-hydrogen) atoms. The van der Waals surface area contributed by atoms with Crippen LogP contribution in [0.5, 0.6) is 0 Å². The maximum absolute atomic E-state index is 5.72. The number of nitrogens with zero attached hydrogens (tertiary/aromatic N) is 2. The second-order valence-electron chi connectivity index (χ2n) is 3.07. The number of hydrogen-bond donors (Lipinski definition) is 1. The molecule has 1 unspecified atom stereocenters. The van der Waals surface area contributed by atoms with Crippen LogP contribution in [-0.4, -0.2) is 23.0 Å². The van der Waals surface area contributed by atoms with E-state index in [2.05, 4.69) is 5.10 Å². The lowest BCUT2D eigenvalue weighted by molar-refractivity contribution is 0.0557. The summed E-state index contributed by atoms with van der Waals surface area (Å²) in [4.78, 5) is 0. The first-order chi connectivity index (χ1) is 5.88. The second-order valence-corrected chi connectivity index (χ2v) is 3.07. The fourth-order valence-electron chi connectivity index (χ4n) is 1.55. The van der Waals surface area contributed by atoms with Gasteiger partial charge in [-0.05, 0) is 18.9 Å². The maximum atomic E-state index is 5.72. The highest BCUT2D eigenvalue weighted by Gasteiger charge is 2.17. The zero-order valence-corrected chi connectivity index (χ0v) is 6.94. The molecule has 1 fully saturated rings. The van der Waals surface area contributed by atoms with Gasteiger partial charge in [0.05, 0.1) is 18.8 Å². The van der Waals surface area contributed by atoms with E-state index in [1.165, 1.54) is 0 Å². The molecule has 66 valence electrons. The largest absolute Gasteiger partial charge is 0.384 e. The maximum Gasteiger partial charge on any atom is 0.122 e. The molecule has 2 rings (SSSR count). The first-order valence-electron chi connectivity index (χ1n) is 4.24. The summed E-state index contributed by atoms with van der Waals surface area (Å²) in [7, 11) is 0. The summed E-state index contributed by atoms with van der Waals surface area (Å²) in [6, 6.07) is 2.16. The number of nitrogens with two attached hydrogens (primary N) is 1. The number of aromatic nitrogens is 2. The quantitative estimate of drug-likeness (QED) is 0.673. The van der Waals surface area contributed by atoms with Crippen molar-refractivity contribution in [3.63, 3.8) is 0 Å². The van der Waals surface area contributed by atoms with Crippen LogP contribution in [-0.2, 0) is 4.74 Å². The van der Waals surface area contributed by atoms with E-state index in [0.717, 1.165) is 31.9 Å². The molecule has 0 bridgehead atoms. The van der Waals surface area contributed by atoms with Gasteiger partial charge >= 0.3 is 0 Å². The summed E-state index contributed by atoms with van der Waals surface area (Å²) in [5.74, 6) is 0.727. The Bertz CT molecular complexity index is 253. The lowest BCUT2D eigenvalue weighted by Crippen LogP contribution is -2.23. The molecule has 0 aromatic carbocycles. The number of nitrogen functional groups attached to an aromatic ring is 1. The van der Waals surface area contributed by atoms with Gasteiger partial charge in [0.15, 0.2) is 0 Å². The second kappa shape index (κ2) is 3.15. The van der Waals surface area contributed by atoms with Gasteiger partial charge in [0, 0.05) is 6.61 Å². The molecule has 0 amide bonds. The lowest BCUT2D eigenvalue weighted by Gasteiger charge is -2.23. The molecule has 2 heterocycles. The number of hydrogen-bond acceptors (Lipinski definition) is 3. The average molecular weight is 167 g/mol. The normalized spacial score (nSPS) is 24.2. The highest BCUT2D eigenvalue weighted by atomic mass is 16.5. The third-order valence-electron chi connectivity index (χ3n) is 2.18. The minimum atomic E-state index is 0.341. The van der Waals surface area contributed by atoms with Crippen LogP contribution in [0.4, 0.5) is 5.82 Å². The summed E-state index contributed by atoms with van der Waals surface area (Å²) in [5.41, 5.74) is 5.72. The average Bonchev–Trinajstić information content (AvgIpc) is 2.53. The Morgan fingerprint density at radius 1 is 1.67 bits per heavy atom. The topological polar surface area (TPSA) is 53.1 Å². The van der Waals surface area contributed by atoms with Crippen molar-refractivity contribution < 1.29 is 4.74 Å². The van der Waals surface area contributed by atoms with Crippen molar-refractivity contribution in [3.8, 4) is 0 Å². The Hall–Kier alpha value is -1.03. The van der Waals surface area contributed by atoms with Crippen LogP contribution in [0.25, 0.3) is 0 Å². The van der Waals surface area contributed by atoms with Crippen LogP contribution >= 0.6 is 0 Å². The van der Waals surface area contributed by atoms with E-state index in [4.69, 9.17) is 10.5 Å². The van der Waals surface area contributed by atoms with Crippen LogP contribution in [0.3, 0.4) is 0 Å².